The van der Waals surface area contributed by atoms with E-state index in [4.69, 9.17) is 4.98 Å². The summed E-state index contributed by atoms with van der Waals surface area (Å²) in [5.74, 6) is 0.489. The molecule has 0 radical (unpaired) electrons. The van der Waals surface area contributed by atoms with E-state index in [0.717, 1.165) is 69.7 Å². The van der Waals surface area contributed by atoms with E-state index >= 15 is 0 Å². The zero-order valence-corrected chi connectivity index (χ0v) is 19.7. The van der Waals surface area contributed by atoms with Gasteiger partial charge in [0.15, 0.2) is 0 Å². The van der Waals surface area contributed by atoms with E-state index < -0.39 is 6.10 Å². The number of aromatic amines is 1. The number of aliphatic hydroxyl groups is 1. The maximum atomic E-state index is 11.6. The number of aryl methyl sites for hydroxylation is 3. The maximum Gasteiger partial charge on any atom is 0.205 e. The summed E-state index contributed by atoms with van der Waals surface area (Å²) in [4.78, 5) is 4.86. The molecule has 2 N–H and O–H groups in total. The molecule has 7 nitrogen and oxygen atoms in total. The van der Waals surface area contributed by atoms with Crippen molar-refractivity contribution in [1.29, 1.82) is 0 Å². The lowest BCUT2D eigenvalue weighted by molar-refractivity contribution is 0.213. The normalized spacial score (nSPS) is 12.4. The Hall–Kier alpha value is -3.84. The molecule has 0 saturated heterocycles. The van der Waals surface area contributed by atoms with Crippen LogP contribution in [0.4, 0.5) is 0 Å². The number of hydrogen-bond donors (Lipinski definition) is 2. The number of benzene rings is 2. The fraction of sp³-hybridized carbons (Fsp3) is 0.259. The molecule has 0 spiro atoms. The monoisotopic (exact) mass is 452 g/mol. The van der Waals surface area contributed by atoms with Gasteiger partial charge in [0.25, 0.3) is 0 Å². The molecule has 0 aliphatic heterocycles. The first kappa shape index (κ1) is 22.0. The quantitative estimate of drug-likeness (QED) is 0.353. The molecule has 2 aromatic carbocycles. The van der Waals surface area contributed by atoms with Crippen LogP contribution < -0.4 is 0 Å². The number of unbranched alkanes of at least 4 members (excludes halogenated alkanes) is 1. The highest BCUT2D eigenvalue weighted by Gasteiger charge is 2.22. The number of aliphatic hydroxyl groups excluding tert-OH is 1. The summed E-state index contributed by atoms with van der Waals surface area (Å²) in [6.07, 6.45) is 4.37. The van der Waals surface area contributed by atoms with E-state index in [1.807, 2.05) is 55.5 Å². The zero-order valence-electron chi connectivity index (χ0n) is 19.7. The molecule has 0 amide bonds. The number of rotatable bonds is 7. The van der Waals surface area contributed by atoms with Crippen molar-refractivity contribution in [3.05, 3.63) is 88.9 Å². The Morgan fingerprint density at radius 3 is 2.56 bits per heavy atom. The fourth-order valence-corrected chi connectivity index (χ4v) is 4.59. The number of fused-ring (bicyclic) bond motifs is 1. The summed E-state index contributed by atoms with van der Waals surface area (Å²) in [7, 11) is 0. The summed E-state index contributed by atoms with van der Waals surface area (Å²) >= 11 is 0. The summed E-state index contributed by atoms with van der Waals surface area (Å²) in [6, 6.07) is 18.1. The second-order valence-electron chi connectivity index (χ2n) is 8.73. The number of H-pyrrole nitrogens is 1. The van der Waals surface area contributed by atoms with Crippen molar-refractivity contribution in [3.63, 3.8) is 0 Å². The Kier molecular flexibility index (Phi) is 5.94. The average Bonchev–Trinajstić information content (AvgIpc) is 3.53. The fourth-order valence-electron chi connectivity index (χ4n) is 4.59. The average molecular weight is 453 g/mol. The maximum absolute atomic E-state index is 11.6. The lowest BCUT2D eigenvalue weighted by Gasteiger charge is -2.19. The Morgan fingerprint density at radius 1 is 1.00 bits per heavy atom. The number of tetrazole rings is 1. The predicted molar refractivity (Wildman–Crippen MR) is 132 cm³/mol. The summed E-state index contributed by atoms with van der Waals surface area (Å²) in [6.45, 7) is 6.29. The molecule has 1 unspecified atom stereocenters. The summed E-state index contributed by atoms with van der Waals surface area (Å²) in [5, 5.41) is 26.3. The highest BCUT2D eigenvalue weighted by Crippen LogP contribution is 2.35. The Bertz CT molecular complexity index is 1420. The second kappa shape index (κ2) is 9.19. The largest absolute Gasteiger partial charge is 0.382 e. The molecule has 0 saturated carbocycles. The van der Waals surface area contributed by atoms with Gasteiger partial charge in [-0.25, -0.2) is 4.98 Å². The lowest BCUT2D eigenvalue weighted by Crippen LogP contribution is -2.09. The molecule has 3 aromatic heterocycles. The highest BCUT2D eigenvalue weighted by molar-refractivity contribution is 5.81. The molecule has 1 atom stereocenters. The van der Waals surface area contributed by atoms with Crippen molar-refractivity contribution in [2.45, 2.75) is 46.1 Å². The smallest absolute Gasteiger partial charge is 0.205 e. The minimum Gasteiger partial charge on any atom is -0.382 e. The van der Waals surface area contributed by atoms with Gasteiger partial charge in [0.2, 0.25) is 5.82 Å². The molecule has 0 bridgehead atoms. The van der Waals surface area contributed by atoms with Gasteiger partial charge in [-0.2, -0.15) is 5.21 Å². The van der Waals surface area contributed by atoms with Gasteiger partial charge < -0.3 is 9.51 Å². The van der Waals surface area contributed by atoms with Crippen molar-refractivity contribution in [1.82, 2.24) is 30.0 Å². The van der Waals surface area contributed by atoms with Crippen molar-refractivity contribution in [3.8, 4) is 22.5 Å². The topological polar surface area (TPSA) is 92.0 Å². The molecular weight excluding hydrogens is 424 g/mol. The number of imidazole rings is 1. The Balaban J connectivity index is 1.64. The Labute approximate surface area is 198 Å². The number of hydrogen-bond acceptors (Lipinski definition) is 5. The van der Waals surface area contributed by atoms with Crippen molar-refractivity contribution < 1.29 is 5.11 Å². The molecule has 34 heavy (non-hydrogen) atoms. The second-order valence-corrected chi connectivity index (χ2v) is 8.73. The molecule has 7 heteroatoms. The molecule has 5 rings (SSSR count). The van der Waals surface area contributed by atoms with Crippen molar-refractivity contribution >= 4 is 5.65 Å². The third-order valence-corrected chi connectivity index (χ3v) is 6.28. The van der Waals surface area contributed by atoms with Gasteiger partial charge >= 0.3 is 0 Å². The third kappa shape index (κ3) is 3.99. The minimum absolute atomic E-state index is 0.489. The van der Waals surface area contributed by atoms with Gasteiger partial charge in [-0.05, 0) is 65.8 Å². The van der Waals surface area contributed by atoms with Gasteiger partial charge in [-0.1, -0.05) is 61.9 Å². The first-order valence-corrected chi connectivity index (χ1v) is 11.7. The van der Waals surface area contributed by atoms with E-state index in [9.17, 15) is 5.11 Å². The van der Waals surface area contributed by atoms with E-state index in [0.29, 0.717) is 5.82 Å². The van der Waals surface area contributed by atoms with Gasteiger partial charge in [0.1, 0.15) is 11.8 Å². The first-order chi connectivity index (χ1) is 16.6. The number of nitrogens with one attached hydrogen (secondary N) is 1. The van der Waals surface area contributed by atoms with Crippen LogP contribution in [0.25, 0.3) is 28.2 Å². The zero-order chi connectivity index (χ0) is 23.7. The van der Waals surface area contributed by atoms with E-state index in [1.165, 1.54) is 0 Å². The summed E-state index contributed by atoms with van der Waals surface area (Å²) < 4.78 is 2.06. The van der Waals surface area contributed by atoms with Crippen molar-refractivity contribution in [2.24, 2.45) is 0 Å². The lowest BCUT2D eigenvalue weighted by atomic mass is 9.93. The minimum atomic E-state index is -0.841. The Morgan fingerprint density at radius 2 is 1.82 bits per heavy atom. The molecular formula is C27H28N6O. The van der Waals surface area contributed by atoms with E-state index in [1.54, 1.807) is 0 Å². The van der Waals surface area contributed by atoms with Crippen LogP contribution in [-0.2, 0) is 6.42 Å². The van der Waals surface area contributed by atoms with Crippen LogP contribution in [0, 0.1) is 13.8 Å². The molecule has 0 aliphatic rings. The van der Waals surface area contributed by atoms with Gasteiger partial charge in [0, 0.05) is 11.8 Å². The standard InChI is InChI=1S/C27H28N6O/c1-4-5-11-21-16-33-24(17(2)14-18(3)27(33)28-21)25(34)20-12-13-22(19-9-7-6-8-10-19)23(15-20)26-29-31-32-30-26/h6-10,12-16,25,34H,4-5,11H2,1-3H3,(H,29,30,31,32). The van der Waals surface area contributed by atoms with Crippen LogP contribution in [0.15, 0.2) is 60.8 Å². The van der Waals surface area contributed by atoms with Gasteiger partial charge in [-0.3, -0.25) is 0 Å². The van der Waals surface area contributed by atoms with Crippen LogP contribution in [0.5, 0.6) is 0 Å². The summed E-state index contributed by atoms with van der Waals surface area (Å²) in [5.41, 5.74) is 8.49. The number of nitrogens with zero attached hydrogens (tertiary/aromatic N) is 5. The van der Waals surface area contributed by atoms with Crippen LogP contribution in [-0.4, -0.2) is 35.1 Å². The van der Waals surface area contributed by atoms with E-state index in [2.05, 4.69) is 51.1 Å². The predicted octanol–water partition coefficient (Wildman–Crippen LogP) is 5.22. The molecule has 172 valence electrons. The van der Waals surface area contributed by atoms with Gasteiger partial charge in [-0.15, -0.1) is 10.2 Å². The van der Waals surface area contributed by atoms with Crippen molar-refractivity contribution in [2.75, 3.05) is 0 Å². The third-order valence-electron chi connectivity index (χ3n) is 6.28. The van der Waals surface area contributed by atoms with Crippen LogP contribution >= 0.6 is 0 Å². The molecule has 3 heterocycles. The highest BCUT2D eigenvalue weighted by atomic mass is 16.3. The first-order valence-electron chi connectivity index (χ1n) is 11.7. The molecule has 5 aromatic rings. The van der Waals surface area contributed by atoms with Crippen LogP contribution in [0.2, 0.25) is 0 Å². The van der Waals surface area contributed by atoms with Crippen LogP contribution in [0.1, 0.15) is 53.9 Å². The molecule has 0 fully saturated rings. The van der Waals surface area contributed by atoms with Crippen LogP contribution in [0.3, 0.4) is 0 Å². The van der Waals surface area contributed by atoms with Gasteiger partial charge in [0.05, 0.1) is 11.4 Å². The van der Waals surface area contributed by atoms with E-state index in [-0.39, 0.29) is 0 Å². The number of pyridine rings is 1. The number of aromatic nitrogens is 6. The molecule has 0 aliphatic carbocycles. The SMILES string of the molecule is CCCCc1cn2c(C(O)c3ccc(-c4ccccc4)c(-c4nn[nH]n4)c3)c(C)cc(C)c2n1.